The molecule has 1 saturated carbocycles. The molecule has 1 unspecified atom stereocenters. The fourth-order valence-corrected chi connectivity index (χ4v) is 4.19. The molecule has 1 amide bonds. The molecule has 0 bridgehead atoms. The van der Waals surface area contributed by atoms with Crippen LogP contribution < -0.4 is 4.74 Å². The lowest BCUT2D eigenvalue weighted by atomic mass is 10.1. The third-order valence-electron chi connectivity index (χ3n) is 5.76. The third kappa shape index (κ3) is 2.97. The number of rotatable bonds is 5. The van der Waals surface area contributed by atoms with Crippen LogP contribution in [-0.2, 0) is 6.42 Å². The maximum Gasteiger partial charge on any atom is 0.275 e. The number of benzene rings is 2. The van der Waals surface area contributed by atoms with E-state index in [1.165, 1.54) is 11.1 Å². The molecule has 0 aliphatic heterocycles. The van der Waals surface area contributed by atoms with Crippen molar-refractivity contribution in [3.8, 4) is 11.4 Å². The summed E-state index contributed by atoms with van der Waals surface area (Å²) in [6.07, 6.45) is 6.06. The van der Waals surface area contributed by atoms with E-state index in [1.807, 2.05) is 36.5 Å². The van der Waals surface area contributed by atoms with Gasteiger partial charge >= 0.3 is 0 Å². The standard InChI is InChI=1S/C23H23N3O2/c1-28-19-11-9-17(10-12-19)25-15-14-21(24-25)23(27)26(18-7-8-18)22-13-6-16-4-2-3-5-20(16)22/h2-5,9-12,14-15,18,22H,6-8,13H2,1H3. The molecule has 1 aromatic heterocycles. The van der Waals surface area contributed by atoms with Gasteiger partial charge in [-0.25, -0.2) is 4.68 Å². The molecule has 142 valence electrons. The van der Waals surface area contributed by atoms with E-state index in [2.05, 4.69) is 34.3 Å². The summed E-state index contributed by atoms with van der Waals surface area (Å²) in [5, 5.41) is 4.58. The van der Waals surface area contributed by atoms with Gasteiger partial charge in [-0.2, -0.15) is 5.10 Å². The second kappa shape index (κ2) is 6.82. The predicted molar refractivity (Wildman–Crippen MR) is 107 cm³/mol. The Hall–Kier alpha value is -3.08. The molecule has 1 heterocycles. The highest BCUT2D eigenvalue weighted by molar-refractivity contribution is 5.93. The van der Waals surface area contributed by atoms with E-state index >= 15 is 0 Å². The van der Waals surface area contributed by atoms with Gasteiger partial charge in [-0.1, -0.05) is 24.3 Å². The molecule has 0 spiro atoms. The summed E-state index contributed by atoms with van der Waals surface area (Å²) in [5.74, 6) is 0.837. The van der Waals surface area contributed by atoms with E-state index in [4.69, 9.17) is 4.74 Å². The lowest BCUT2D eigenvalue weighted by Gasteiger charge is -2.29. The summed E-state index contributed by atoms with van der Waals surface area (Å²) in [6, 6.07) is 18.5. The molecule has 28 heavy (non-hydrogen) atoms. The molecule has 1 atom stereocenters. The SMILES string of the molecule is COc1ccc(-n2ccc(C(=O)N(C3CC3)C3CCc4ccccc43)n2)cc1. The minimum atomic E-state index is 0.0384. The Morgan fingerprint density at radius 2 is 1.86 bits per heavy atom. The summed E-state index contributed by atoms with van der Waals surface area (Å²) >= 11 is 0. The molecule has 3 aromatic rings. The number of aryl methyl sites for hydroxylation is 1. The van der Waals surface area contributed by atoms with Gasteiger partial charge in [0.05, 0.1) is 18.8 Å². The number of nitrogens with zero attached hydrogens (tertiary/aromatic N) is 3. The minimum absolute atomic E-state index is 0.0384. The van der Waals surface area contributed by atoms with Gasteiger partial charge in [0.25, 0.3) is 5.91 Å². The maximum absolute atomic E-state index is 13.4. The summed E-state index contributed by atoms with van der Waals surface area (Å²) in [5.41, 5.74) is 4.09. The number of methoxy groups -OCH3 is 1. The quantitative estimate of drug-likeness (QED) is 0.674. The van der Waals surface area contributed by atoms with E-state index in [1.54, 1.807) is 11.8 Å². The maximum atomic E-state index is 13.4. The topological polar surface area (TPSA) is 47.4 Å². The molecule has 2 aliphatic rings. The van der Waals surface area contributed by atoms with Crippen molar-refractivity contribution in [2.24, 2.45) is 0 Å². The van der Waals surface area contributed by atoms with Gasteiger partial charge < -0.3 is 9.64 Å². The van der Waals surface area contributed by atoms with Crippen molar-refractivity contribution in [2.75, 3.05) is 7.11 Å². The largest absolute Gasteiger partial charge is 0.497 e. The monoisotopic (exact) mass is 373 g/mol. The zero-order valence-corrected chi connectivity index (χ0v) is 15.9. The molecule has 5 heteroatoms. The van der Waals surface area contributed by atoms with E-state index in [0.717, 1.165) is 37.1 Å². The van der Waals surface area contributed by atoms with Crippen LogP contribution in [0.3, 0.4) is 0 Å². The van der Waals surface area contributed by atoms with Crippen LogP contribution in [0.15, 0.2) is 60.8 Å². The van der Waals surface area contributed by atoms with Gasteiger partial charge in [-0.05, 0) is 67.1 Å². The second-order valence-electron chi connectivity index (χ2n) is 7.54. The summed E-state index contributed by atoms with van der Waals surface area (Å²) in [4.78, 5) is 15.5. The summed E-state index contributed by atoms with van der Waals surface area (Å²) < 4.78 is 6.96. The first-order valence-corrected chi connectivity index (χ1v) is 9.85. The number of hydrogen-bond acceptors (Lipinski definition) is 3. The number of carbonyl (C=O) groups excluding carboxylic acids is 1. The van der Waals surface area contributed by atoms with Crippen LogP contribution in [0.1, 0.15) is 46.9 Å². The lowest BCUT2D eigenvalue weighted by molar-refractivity contribution is 0.0651. The summed E-state index contributed by atoms with van der Waals surface area (Å²) in [7, 11) is 1.65. The normalized spacial score (nSPS) is 18.0. The molecule has 0 N–H and O–H groups in total. The predicted octanol–water partition coefficient (Wildman–Crippen LogP) is 4.17. The number of fused-ring (bicyclic) bond motifs is 1. The highest BCUT2D eigenvalue weighted by Crippen LogP contribution is 2.42. The Morgan fingerprint density at radius 3 is 2.61 bits per heavy atom. The van der Waals surface area contributed by atoms with Crippen LogP contribution in [0, 0.1) is 0 Å². The second-order valence-corrected chi connectivity index (χ2v) is 7.54. The molecule has 5 rings (SSSR count). The number of aromatic nitrogens is 2. The zero-order valence-electron chi connectivity index (χ0n) is 15.9. The molecule has 5 nitrogen and oxygen atoms in total. The average molecular weight is 373 g/mol. The minimum Gasteiger partial charge on any atom is -0.497 e. The van der Waals surface area contributed by atoms with Crippen molar-refractivity contribution >= 4 is 5.91 Å². The van der Waals surface area contributed by atoms with Gasteiger partial charge in [-0.3, -0.25) is 4.79 Å². The molecule has 0 saturated heterocycles. The Labute approximate surface area is 164 Å². The van der Waals surface area contributed by atoms with E-state index in [9.17, 15) is 4.79 Å². The first kappa shape index (κ1) is 17.0. The van der Waals surface area contributed by atoms with E-state index in [0.29, 0.717) is 11.7 Å². The highest BCUT2D eigenvalue weighted by Gasteiger charge is 2.41. The smallest absolute Gasteiger partial charge is 0.275 e. The third-order valence-corrected chi connectivity index (χ3v) is 5.76. The molecule has 2 aromatic carbocycles. The van der Waals surface area contributed by atoms with Crippen molar-refractivity contribution in [2.45, 2.75) is 37.8 Å². The molecule has 0 radical (unpaired) electrons. The first-order chi connectivity index (χ1) is 13.7. The van der Waals surface area contributed by atoms with Crippen LogP contribution in [0.2, 0.25) is 0 Å². The van der Waals surface area contributed by atoms with Crippen LogP contribution in [0.4, 0.5) is 0 Å². The molecule has 2 aliphatic carbocycles. The fraction of sp³-hybridized carbons (Fsp3) is 0.304. The average Bonchev–Trinajstić information content (AvgIpc) is 3.28. The Morgan fingerprint density at radius 1 is 1.07 bits per heavy atom. The Kier molecular flexibility index (Phi) is 4.15. The molecule has 1 fully saturated rings. The first-order valence-electron chi connectivity index (χ1n) is 9.85. The number of amides is 1. The van der Waals surface area contributed by atoms with Crippen molar-refractivity contribution in [1.29, 1.82) is 0 Å². The zero-order chi connectivity index (χ0) is 19.1. The number of hydrogen-bond donors (Lipinski definition) is 0. The summed E-state index contributed by atoms with van der Waals surface area (Å²) in [6.45, 7) is 0. The van der Waals surface area contributed by atoms with E-state index in [-0.39, 0.29) is 11.9 Å². The van der Waals surface area contributed by atoms with Crippen LogP contribution in [-0.4, -0.2) is 33.7 Å². The van der Waals surface area contributed by atoms with Gasteiger partial charge in [0.2, 0.25) is 0 Å². The van der Waals surface area contributed by atoms with Crippen molar-refractivity contribution < 1.29 is 9.53 Å². The number of ether oxygens (including phenoxy) is 1. The Balaban J connectivity index is 1.42. The van der Waals surface area contributed by atoms with Gasteiger partial charge in [0.15, 0.2) is 5.69 Å². The van der Waals surface area contributed by atoms with Crippen molar-refractivity contribution in [3.63, 3.8) is 0 Å². The van der Waals surface area contributed by atoms with Gasteiger partial charge in [0, 0.05) is 12.2 Å². The van der Waals surface area contributed by atoms with Crippen LogP contribution in [0.5, 0.6) is 5.75 Å². The van der Waals surface area contributed by atoms with Gasteiger partial charge in [0.1, 0.15) is 5.75 Å². The Bertz CT molecular complexity index is 1000. The van der Waals surface area contributed by atoms with Crippen LogP contribution >= 0.6 is 0 Å². The van der Waals surface area contributed by atoms with Crippen LogP contribution in [0.25, 0.3) is 5.69 Å². The number of carbonyl (C=O) groups is 1. The molecular weight excluding hydrogens is 350 g/mol. The fourth-order valence-electron chi connectivity index (χ4n) is 4.19. The van der Waals surface area contributed by atoms with Gasteiger partial charge in [-0.15, -0.1) is 0 Å². The van der Waals surface area contributed by atoms with E-state index < -0.39 is 0 Å². The lowest BCUT2D eigenvalue weighted by Crippen LogP contribution is -2.36. The highest BCUT2D eigenvalue weighted by atomic mass is 16.5. The molecular formula is C23H23N3O2. The van der Waals surface area contributed by atoms with Crippen molar-refractivity contribution in [3.05, 3.63) is 77.6 Å². The van der Waals surface area contributed by atoms with Crippen molar-refractivity contribution in [1.82, 2.24) is 14.7 Å².